The van der Waals surface area contributed by atoms with Crippen LogP contribution < -0.4 is 5.32 Å². The van der Waals surface area contributed by atoms with Crippen LogP contribution in [-0.4, -0.2) is 81.5 Å². The number of morpholine rings is 1. The SMILES string of the molecule is CCOC1CCN(C(=NC)NCC(c2cccc(F)c2)N2CCOCC2)CC1.I. The summed E-state index contributed by atoms with van der Waals surface area (Å²) in [6.07, 6.45) is 2.39. The Hall–Kier alpha value is -0.970. The van der Waals surface area contributed by atoms with Gasteiger partial charge in [0.1, 0.15) is 5.82 Å². The molecule has 8 heteroatoms. The van der Waals surface area contributed by atoms with E-state index in [4.69, 9.17) is 9.47 Å². The number of nitrogens with zero attached hydrogens (tertiary/aromatic N) is 3. The predicted molar refractivity (Wildman–Crippen MR) is 125 cm³/mol. The van der Waals surface area contributed by atoms with Crippen molar-refractivity contribution in [1.29, 1.82) is 0 Å². The largest absolute Gasteiger partial charge is 0.379 e. The van der Waals surface area contributed by atoms with E-state index in [0.29, 0.717) is 25.9 Å². The second-order valence-electron chi connectivity index (χ2n) is 7.29. The van der Waals surface area contributed by atoms with Crippen LogP contribution in [0.2, 0.25) is 0 Å². The highest BCUT2D eigenvalue weighted by molar-refractivity contribution is 14.0. The number of likely N-dealkylation sites (tertiary alicyclic amines) is 1. The van der Waals surface area contributed by atoms with Crippen molar-refractivity contribution in [2.24, 2.45) is 4.99 Å². The number of hydrogen-bond donors (Lipinski definition) is 1. The zero-order chi connectivity index (χ0) is 19.8. The molecule has 164 valence electrons. The number of nitrogens with one attached hydrogen (secondary N) is 1. The van der Waals surface area contributed by atoms with Crippen molar-refractivity contribution < 1.29 is 13.9 Å². The van der Waals surface area contributed by atoms with Gasteiger partial charge in [-0.05, 0) is 37.5 Å². The van der Waals surface area contributed by atoms with Gasteiger partial charge in [-0.2, -0.15) is 0 Å². The molecule has 1 N–H and O–H groups in total. The van der Waals surface area contributed by atoms with Crippen LogP contribution in [0.5, 0.6) is 0 Å². The number of halogens is 2. The maximum Gasteiger partial charge on any atom is 0.193 e. The van der Waals surface area contributed by atoms with Crippen molar-refractivity contribution in [3.05, 3.63) is 35.6 Å². The first-order valence-electron chi connectivity index (χ1n) is 10.4. The lowest BCUT2D eigenvalue weighted by molar-refractivity contribution is 0.0163. The smallest absolute Gasteiger partial charge is 0.193 e. The van der Waals surface area contributed by atoms with Gasteiger partial charge in [0.15, 0.2) is 5.96 Å². The summed E-state index contributed by atoms with van der Waals surface area (Å²) in [4.78, 5) is 9.13. The highest BCUT2D eigenvalue weighted by Gasteiger charge is 2.25. The molecule has 0 aliphatic carbocycles. The van der Waals surface area contributed by atoms with E-state index in [1.165, 1.54) is 6.07 Å². The number of ether oxygens (including phenoxy) is 2. The minimum atomic E-state index is -0.196. The molecule has 2 aliphatic rings. The van der Waals surface area contributed by atoms with E-state index in [1.54, 1.807) is 12.1 Å². The number of benzene rings is 1. The number of piperidine rings is 1. The molecule has 2 saturated heterocycles. The molecule has 0 aromatic heterocycles. The first-order chi connectivity index (χ1) is 13.7. The van der Waals surface area contributed by atoms with E-state index in [-0.39, 0.29) is 35.8 Å². The Morgan fingerprint density at radius 3 is 2.62 bits per heavy atom. The Kier molecular flexibility index (Phi) is 10.6. The van der Waals surface area contributed by atoms with Gasteiger partial charge in [-0.15, -0.1) is 24.0 Å². The minimum absolute atomic E-state index is 0. The summed E-state index contributed by atoms with van der Waals surface area (Å²) in [6.45, 7) is 8.50. The average molecular weight is 520 g/mol. The predicted octanol–water partition coefficient (Wildman–Crippen LogP) is 2.89. The first kappa shape index (κ1) is 24.3. The van der Waals surface area contributed by atoms with Crippen molar-refractivity contribution in [3.63, 3.8) is 0 Å². The van der Waals surface area contributed by atoms with Crippen LogP contribution in [0.15, 0.2) is 29.3 Å². The molecule has 3 rings (SSSR count). The molecule has 0 amide bonds. The molecule has 1 aromatic rings. The Morgan fingerprint density at radius 2 is 2.00 bits per heavy atom. The lowest BCUT2D eigenvalue weighted by Gasteiger charge is -2.37. The fraction of sp³-hybridized carbons (Fsp3) is 0.667. The van der Waals surface area contributed by atoms with E-state index >= 15 is 0 Å². The van der Waals surface area contributed by atoms with Crippen LogP contribution in [0.3, 0.4) is 0 Å². The van der Waals surface area contributed by atoms with Gasteiger partial charge < -0.3 is 19.7 Å². The highest BCUT2D eigenvalue weighted by atomic mass is 127. The standard InChI is InChI=1S/C21H33FN4O2.HI/c1-3-28-19-7-9-26(10-8-19)21(23-2)24-16-20(25-11-13-27-14-12-25)17-5-4-6-18(22)15-17;/h4-6,15,19-20H,3,7-14,16H2,1-2H3,(H,23,24);1H. The number of hydrogen-bond acceptors (Lipinski definition) is 4. The number of aliphatic imine (C=N–C) groups is 1. The average Bonchev–Trinajstić information content (AvgIpc) is 2.73. The van der Waals surface area contributed by atoms with E-state index < -0.39 is 0 Å². The van der Waals surface area contributed by atoms with Gasteiger partial charge in [0, 0.05) is 46.4 Å². The van der Waals surface area contributed by atoms with Crippen LogP contribution in [0, 0.1) is 5.82 Å². The lowest BCUT2D eigenvalue weighted by Crippen LogP contribution is -2.50. The molecule has 2 fully saturated rings. The molecule has 0 spiro atoms. The Morgan fingerprint density at radius 1 is 1.28 bits per heavy atom. The van der Waals surface area contributed by atoms with Crippen LogP contribution in [-0.2, 0) is 9.47 Å². The minimum Gasteiger partial charge on any atom is -0.379 e. The van der Waals surface area contributed by atoms with Gasteiger partial charge in [-0.25, -0.2) is 4.39 Å². The zero-order valence-corrected chi connectivity index (χ0v) is 19.8. The van der Waals surface area contributed by atoms with Crippen molar-refractivity contribution in [2.45, 2.75) is 31.9 Å². The Labute approximate surface area is 190 Å². The van der Waals surface area contributed by atoms with Crippen molar-refractivity contribution in [3.8, 4) is 0 Å². The third-order valence-corrected chi connectivity index (χ3v) is 5.53. The third kappa shape index (κ3) is 7.04. The molecule has 1 atom stereocenters. The fourth-order valence-electron chi connectivity index (χ4n) is 4.05. The molecular formula is C21H34FIN4O2. The molecular weight excluding hydrogens is 486 g/mol. The zero-order valence-electron chi connectivity index (χ0n) is 17.5. The Balaban J connectivity index is 0.00000300. The number of guanidine groups is 1. The summed E-state index contributed by atoms with van der Waals surface area (Å²) in [5.41, 5.74) is 0.986. The van der Waals surface area contributed by atoms with Crippen LogP contribution in [0.1, 0.15) is 31.4 Å². The molecule has 29 heavy (non-hydrogen) atoms. The van der Waals surface area contributed by atoms with E-state index in [1.807, 2.05) is 20.0 Å². The molecule has 6 nitrogen and oxygen atoms in total. The van der Waals surface area contributed by atoms with Crippen LogP contribution >= 0.6 is 24.0 Å². The van der Waals surface area contributed by atoms with Gasteiger partial charge in [0.25, 0.3) is 0 Å². The quantitative estimate of drug-likeness (QED) is 0.355. The van der Waals surface area contributed by atoms with Crippen LogP contribution in [0.25, 0.3) is 0 Å². The normalized spacial score (nSPS) is 20.2. The van der Waals surface area contributed by atoms with Gasteiger partial charge in [0.2, 0.25) is 0 Å². The molecule has 0 bridgehead atoms. The molecule has 1 unspecified atom stereocenters. The maximum absolute atomic E-state index is 13.8. The van der Waals surface area contributed by atoms with Gasteiger partial charge in [-0.1, -0.05) is 12.1 Å². The van der Waals surface area contributed by atoms with Gasteiger partial charge in [-0.3, -0.25) is 9.89 Å². The van der Waals surface area contributed by atoms with Gasteiger partial charge >= 0.3 is 0 Å². The van der Waals surface area contributed by atoms with Crippen molar-refractivity contribution in [2.75, 3.05) is 59.6 Å². The second-order valence-corrected chi connectivity index (χ2v) is 7.29. The molecule has 2 aliphatic heterocycles. The molecule has 2 heterocycles. The summed E-state index contributed by atoms with van der Waals surface area (Å²) in [6, 6.07) is 7.00. The second kappa shape index (κ2) is 12.7. The molecule has 0 radical (unpaired) electrons. The summed E-state index contributed by atoms with van der Waals surface area (Å²) in [7, 11) is 1.82. The maximum atomic E-state index is 13.8. The fourth-order valence-corrected chi connectivity index (χ4v) is 4.05. The summed E-state index contributed by atoms with van der Waals surface area (Å²) in [5, 5.41) is 3.53. The van der Waals surface area contributed by atoms with Crippen molar-refractivity contribution >= 4 is 29.9 Å². The Bertz CT molecular complexity index is 635. The molecule has 0 saturated carbocycles. The molecule has 1 aromatic carbocycles. The van der Waals surface area contributed by atoms with Gasteiger partial charge in [0.05, 0.1) is 25.4 Å². The lowest BCUT2D eigenvalue weighted by atomic mass is 10.0. The summed E-state index contributed by atoms with van der Waals surface area (Å²) in [5.74, 6) is 0.711. The summed E-state index contributed by atoms with van der Waals surface area (Å²) < 4.78 is 25.1. The first-order valence-corrected chi connectivity index (χ1v) is 10.4. The van der Waals surface area contributed by atoms with E-state index in [9.17, 15) is 4.39 Å². The van der Waals surface area contributed by atoms with Crippen molar-refractivity contribution in [1.82, 2.24) is 15.1 Å². The van der Waals surface area contributed by atoms with E-state index in [0.717, 1.165) is 57.2 Å². The highest BCUT2D eigenvalue weighted by Crippen LogP contribution is 2.22. The summed E-state index contributed by atoms with van der Waals surface area (Å²) >= 11 is 0. The van der Waals surface area contributed by atoms with Crippen LogP contribution in [0.4, 0.5) is 4.39 Å². The third-order valence-electron chi connectivity index (χ3n) is 5.53. The van der Waals surface area contributed by atoms with E-state index in [2.05, 4.69) is 20.1 Å². The topological polar surface area (TPSA) is 49.3 Å². The monoisotopic (exact) mass is 520 g/mol. The number of rotatable bonds is 6.